The van der Waals surface area contributed by atoms with Crippen LogP contribution in [0.1, 0.15) is 56.8 Å². The van der Waals surface area contributed by atoms with Crippen LogP contribution in [0.25, 0.3) is 5.52 Å². The number of amides is 1. The molecule has 7 heteroatoms. The Morgan fingerprint density at radius 1 is 1.33 bits per heavy atom. The summed E-state index contributed by atoms with van der Waals surface area (Å²) in [7, 11) is 0. The lowest BCUT2D eigenvalue weighted by Crippen LogP contribution is -3.12. The summed E-state index contributed by atoms with van der Waals surface area (Å²) < 4.78 is 28.8. The van der Waals surface area contributed by atoms with Gasteiger partial charge in [0, 0.05) is 6.04 Å². The lowest BCUT2D eigenvalue weighted by Gasteiger charge is -2.27. The Kier molecular flexibility index (Phi) is 5.25. The maximum Gasteiger partial charge on any atom is 0.316 e. The van der Waals surface area contributed by atoms with Crippen molar-refractivity contribution in [1.29, 1.82) is 0 Å². The van der Waals surface area contributed by atoms with E-state index in [0.717, 1.165) is 16.2 Å². The number of fused-ring (bicyclic) bond motifs is 1. The largest absolute Gasteiger partial charge is 0.346 e. The number of H-pyrrole nitrogens is 1. The molecular weight excluding hydrogens is 350 g/mol. The number of pyridine rings is 1. The van der Waals surface area contributed by atoms with E-state index < -0.39 is 5.92 Å². The second-order valence-corrected chi connectivity index (χ2v) is 8.75. The highest BCUT2D eigenvalue weighted by molar-refractivity contribution is 5.98. The minimum atomic E-state index is -2.54. The van der Waals surface area contributed by atoms with E-state index in [1.54, 1.807) is 0 Å². The second-order valence-electron chi connectivity index (χ2n) is 8.75. The zero-order chi connectivity index (χ0) is 19.8. The first-order valence-electron chi connectivity index (χ1n) is 9.60. The van der Waals surface area contributed by atoms with Crippen molar-refractivity contribution in [2.24, 2.45) is 5.41 Å². The van der Waals surface area contributed by atoms with Crippen LogP contribution >= 0.6 is 0 Å². The van der Waals surface area contributed by atoms with Crippen molar-refractivity contribution in [3.8, 4) is 0 Å². The molecule has 3 heterocycles. The number of aromatic nitrogens is 2. The summed E-state index contributed by atoms with van der Waals surface area (Å²) in [5, 5.41) is 3.07. The smallest absolute Gasteiger partial charge is 0.316 e. The number of hydrogen-bond acceptors (Lipinski definition) is 1. The van der Waals surface area contributed by atoms with Crippen LogP contribution in [-0.4, -0.2) is 35.9 Å². The Bertz CT molecular complexity index is 815. The van der Waals surface area contributed by atoms with E-state index in [1.807, 2.05) is 35.7 Å². The maximum absolute atomic E-state index is 13.4. The molecule has 2 aromatic heterocycles. The fraction of sp³-hybridized carbons (Fsp3) is 0.600. The quantitative estimate of drug-likeness (QED) is 0.696. The SMILES string of the molecule is CC(NC(=O)c1[nH]c(C[NH+]2CCC(F)(F)CC2)[n+]2ccccc12)C(C)(C)C. The van der Waals surface area contributed by atoms with Gasteiger partial charge in [-0.2, -0.15) is 4.40 Å². The average molecular weight is 380 g/mol. The van der Waals surface area contributed by atoms with E-state index in [0.29, 0.717) is 25.3 Å². The van der Waals surface area contributed by atoms with Gasteiger partial charge in [-0.05, 0) is 24.5 Å². The van der Waals surface area contributed by atoms with Gasteiger partial charge in [0.2, 0.25) is 5.69 Å². The number of carbonyl (C=O) groups is 1. The summed E-state index contributed by atoms with van der Waals surface area (Å²) in [6.07, 6.45) is 1.74. The number of rotatable bonds is 4. The summed E-state index contributed by atoms with van der Waals surface area (Å²) in [5.41, 5.74) is 1.27. The number of alkyl halides is 2. The van der Waals surface area contributed by atoms with Gasteiger partial charge in [-0.1, -0.05) is 26.8 Å². The maximum atomic E-state index is 13.4. The molecule has 0 bridgehead atoms. The van der Waals surface area contributed by atoms with Crippen molar-refractivity contribution in [2.45, 2.75) is 59.0 Å². The molecule has 27 heavy (non-hydrogen) atoms. The van der Waals surface area contributed by atoms with E-state index >= 15 is 0 Å². The van der Waals surface area contributed by atoms with Crippen molar-refractivity contribution in [3.05, 3.63) is 35.9 Å². The molecule has 0 spiro atoms. The summed E-state index contributed by atoms with van der Waals surface area (Å²) in [6, 6.07) is 5.71. The highest BCUT2D eigenvalue weighted by Crippen LogP contribution is 2.22. The first kappa shape index (κ1) is 19.7. The predicted molar refractivity (Wildman–Crippen MR) is 98.9 cm³/mol. The molecule has 3 rings (SSSR count). The number of piperidine rings is 1. The third kappa shape index (κ3) is 4.46. The molecule has 1 unspecified atom stereocenters. The van der Waals surface area contributed by atoms with Crippen molar-refractivity contribution >= 4 is 11.4 Å². The number of imidazole rings is 1. The number of nitrogens with one attached hydrogen (secondary N) is 3. The van der Waals surface area contributed by atoms with Crippen LogP contribution in [0.2, 0.25) is 0 Å². The molecule has 3 N–H and O–H groups in total. The topological polar surface area (TPSA) is 53.4 Å². The molecule has 0 saturated carbocycles. The zero-order valence-electron chi connectivity index (χ0n) is 16.5. The number of likely N-dealkylation sites (tertiary alicyclic amines) is 1. The third-order valence-corrected chi connectivity index (χ3v) is 5.66. The molecule has 148 valence electrons. The van der Waals surface area contributed by atoms with E-state index in [1.165, 1.54) is 0 Å². The Morgan fingerprint density at radius 3 is 2.63 bits per heavy atom. The van der Waals surface area contributed by atoms with E-state index in [2.05, 4.69) is 31.1 Å². The summed E-state index contributed by atoms with van der Waals surface area (Å²) >= 11 is 0. The van der Waals surface area contributed by atoms with Crippen LogP contribution in [-0.2, 0) is 6.54 Å². The van der Waals surface area contributed by atoms with Gasteiger partial charge in [-0.3, -0.25) is 4.79 Å². The van der Waals surface area contributed by atoms with E-state index in [9.17, 15) is 13.6 Å². The second kappa shape index (κ2) is 7.19. The van der Waals surface area contributed by atoms with Crippen LogP contribution in [0.15, 0.2) is 24.4 Å². The first-order valence-corrected chi connectivity index (χ1v) is 9.60. The van der Waals surface area contributed by atoms with Crippen LogP contribution in [0.4, 0.5) is 8.78 Å². The molecule has 5 nitrogen and oxygen atoms in total. The van der Waals surface area contributed by atoms with Gasteiger partial charge in [0.15, 0.2) is 12.1 Å². The minimum Gasteiger partial charge on any atom is -0.346 e. The number of nitrogens with zero attached hydrogens (tertiary/aromatic N) is 1. The average Bonchev–Trinajstić information content (AvgIpc) is 2.95. The van der Waals surface area contributed by atoms with Gasteiger partial charge in [0.1, 0.15) is 0 Å². The minimum absolute atomic E-state index is 0.00969. The molecule has 1 atom stereocenters. The molecule has 1 aliphatic heterocycles. The lowest BCUT2D eigenvalue weighted by atomic mass is 9.88. The fourth-order valence-corrected chi connectivity index (χ4v) is 3.32. The Labute approximate surface area is 158 Å². The molecule has 0 radical (unpaired) electrons. The number of hydrogen-bond donors (Lipinski definition) is 3. The molecule has 0 aromatic carbocycles. The molecule has 2 aromatic rings. The van der Waals surface area contributed by atoms with Crippen molar-refractivity contribution in [3.63, 3.8) is 0 Å². The molecule has 1 amide bonds. The van der Waals surface area contributed by atoms with Crippen molar-refractivity contribution in [2.75, 3.05) is 13.1 Å². The van der Waals surface area contributed by atoms with Crippen LogP contribution in [0.3, 0.4) is 0 Å². The normalized spacial score (nSPS) is 19.2. The molecule has 0 aliphatic carbocycles. The van der Waals surface area contributed by atoms with Gasteiger partial charge < -0.3 is 10.2 Å². The Balaban J connectivity index is 1.83. The fourth-order valence-electron chi connectivity index (χ4n) is 3.32. The third-order valence-electron chi connectivity index (χ3n) is 5.66. The highest BCUT2D eigenvalue weighted by Gasteiger charge is 2.38. The molecule has 1 saturated heterocycles. The van der Waals surface area contributed by atoms with Crippen molar-refractivity contribution < 1.29 is 22.9 Å². The summed E-state index contributed by atoms with van der Waals surface area (Å²) in [6.45, 7) is 9.70. The van der Waals surface area contributed by atoms with Crippen LogP contribution in [0.5, 0.6) is 0 Å². The molecular formula is C20H30F2N4O+2. The predicted octanol–water partition coefficient (Wildman–Crippen LogP) is 1.73. The standard InChI is InChI=1S/C20H28F2N4O/c1-14(19(2,3)4)23-18(27)17-15-7-5-6-10-26(15)16(24-17)13-25-11-8-20(21,22)9-12-25/h5-7,10,14H,8-9,11-13H2,1-4H3,(H,23,27)/p+2. The van der Waals surface area contributed by atoms with Gasteiger partial charge in [-0.15, -0.1) is 0 Å². The molecule has 1 fully saturated rings. The Morgan fingerprint density at radius 2 is 2.00 bits per heavy atom. The van der Waals surface area contributed by atoms with Crippen molar-refractivity contribution in [1.82, 2.24) is 10.3 Å². The summed E-state index contributed by atoms with van der Waals surface area (Å²) in [4.78, 5) is 17.2. The first-order chi connectivity index (χ1) is 12.6. The van der Waals surface area contributed by atoms with Gasteiger partial charge in [0.05, 0.1) is 32.1 Å². The number of carbonyl (C=O) groups excluding carboxylic acids is 1. The van der Waals surface area contributed by atoms with E-state index in [-0.39, 0.29) is 30.2 Å². The highest BCUT2D eigenvalue weighted by atomic mass is 19.3. The van der Waals surface area contributed by atoms with Gasteiger partial charge in [-0.25, -0.2) is 13.8 Å². The van der Waals surface area contributed by atoms with Crippen LogP contribution < -0.4 is 14.6 Å². The Hall–Kier alpha value is -2.02. The van der Waals surface area contributed by atoms with Gasteiger partial charge >= 0.3 is 5.82 Å². The molecule has 1 aliphatic rings. The number of quaternary nitrogens is 1. The summed E-state index contributed by atoms with van der Waals surface area (Å²) in [5.74, 6) is -1.82. The number of halogens is 2. The van der Waals surface area contributed by atoms with E-state index in [4.69, 9.17) is 0 Å². The lowest BCUT2D eigenvalue weighted by molar-refractivity contribution is -0.927. The van der Waals surface area contributed by atoms with Crippen LogP contribution in [0, 0.1) is 5.41 Å². The monoisotopic (exact) mass is 380 g/mol. The zero-order valence-corrected chi connectivity index (χ0v) is 16.5. The number of aromatic amines is 1. The van der Waals surface area contributed by atoms with Gasteiger partial charge in [0.25, 0.3) is 11.8 Å².